The Bertz CT molecular complexity index is 1210. The van der Waals surface area contributed by atoms with Crippen molar-refractivity contribution in [1.29, 1.82) is 0 Å². The molecule has 7 nitrogen and oxygen atoms in total. The molecule has 0 radical (unpaired) electrons. The number of rotatable bonds is 1. The standard InChI is InChI=1S/C14H6O7S/c15-9-5-8-10(14(13(9)18)22(19,20)21)12(17)7-4-2-1-3-6(7)11(8)16/h1-5H,(H,19,20,21). The summed E-state index contributed by atoms with van der Waals surface area (Å²) in [5.41, 5.74) is -5.74. The van der Waals surface area contributed by atoms with Gasteiger partial charge >= 0.3 is 0 Å². The van der Waals surface area contributed by atoms with Crippen LogP contribution in [0.2, 0.25) is 0 Å². The molecule has 110 valence electrons. The second-order valence-corrected chi connectivity index (χ2v) is 5.99. The van der Waals surface area contributed by atoms with E-state index < -0.39 is 47.9 Å². The molecule has 1 aromatic carbocycles. The molecule has 0 saturated heterocycles. The largest absolute Gasteiger partial charge is 0.299 e. The molecule has 0 heterocycles. The van der Waals surface area contributed by atoms with Gasteiger partial charge in [0.15, 0.2) is 15.8 Å². The summed E-state index contributed by atoms with van der Waals surface area (Å²) in [6, 6.07) is 6.23. The third kappa shape index (κ3) is 1.81. The highest BCUT2D eigenvalue weighted by Gasteiger charge is 2.29. The van der Waals surface area contributed by atoms with Crippen LogP contribution in [0.3, 0.4) is 0 Å². The van der Waals surface area contributed by atoms with Crippen LogP contribution in [-0.2, 0) is 10.1 Å². The number of hydrogen-bond donors (Lipinski definition) is 1. The summed E-state index contributed by atoms with van der Waals surface area (Å²) in [7, 11) is -5.14. The van der Waals surface area contributed by atoms with Gasteiger partial charge in [-0.05, 0) is 0 Å². The Hall–Kier alpha value is -2.71. The van der Waals surface area contributed by atoms with Gasteiger partial charge in [-0.1, -0.05) is 24.3 Å². The first-order valence-electron chi connectivity index (χ1n) is 5.94. The van der Waals surface area contributed by atoms with E-state index in [1.165, 1.54) is 24.3 Å². The molecule has 0 unspecified atom stereocenters. The maximum Gasteiger partial charge on any atom is 0.299 e. The van der Waals surface area contributed by atoms with Gasteiger partial charge in [0.2, 0.25) is 10.9 Å². The Labute approximate surface area is 121 Å². The summed E-state index contributed by atoms with van der Waals surface area (Å²) in [4.78, 5) is 46.7. The Morgan fingerprint density at radius 3 is 1.91 bits per heavy atom. The molecular formula is C14H6O7S. The van der Waals surface area contributed by atoms with Crippen LogP contribution >= 0.6 is 0 Å². The van der Waals surface area contributed by atoms with Crippen molar-refractivity contribution in [2.45, 2.75) is 4.90 Å². The van der Waals surface area contributed by atoms with Crippen molar-refractivity contribution in [2.75, 3.05) is 0 Å². The predicted octanol–water partition coefficient (Wildman–Crippen LogP) is -0.492. The second kappa shape index (κ2) is 4.39. The van der Waals surface area contributed by atoms with E-state index >= 15 is 0 Å². The van der Waals surface area contributed by atoms with Crippen molar-refractivity contribution in [2.24, 2.45) is 0 Å². The molecule has 8 heteroatoms. The zero-order valence-corrected chi connectivity index (χ0v) is 11.5. The van der Waals surface area contributed by atoms with Crippen LogP contribution in [0.1, 0.15) is 0 Å². The van der Waals surface area contributed by atoms with Crippen molar-refractivity contribution in [3.05, 3.63) is 71.2 Å². The SMILES string of the molecule is O=c1cc2c(=O)c3ccccc3c(=O)c-2c(S(=O)(=O)O)c1=O. The lowest BCUT2D eigenvalue weighted by Crippen LogP contribution is -2.34. The second-order valence-electron chi connectivity index (χ2n) is 4.63. The normalized spacial score (nSPS) is 12.0. The summed E-state index contributed by atoms with van der Waals surface area (Å²) < 4.78 is 32.0. The number of benzene rings is 3. The van der Waals surface area contributed by atoms with Gasteiger partial charge in [-0.3, -0.25) is 23.7 Å². The molecule has 3 rings (SSSR count). The molecule has 0 fully saturated rings. The van der Waals surface area contributed by atoms with Crippen LogP contribution in [-0.4, -0.2) is 13.0 Å². The highest BCUT2D eigenvalue weighted by molar-refractivity contribution is 7.86. The van der Waals surface area contributed by atoms with Crippen molar-refractivity contribution < 1.29 is 13.0 Å². The predicted molar refractivity (Wildman–Crippen MR) is 77.8 cm³/mol. The van der Waals surface area contributed by atoms with E-state index in [-0.39, 0.29) is 10.8 Å². The minimum absolute atomic E-state index is 0.000614. The molecule has 2 aliphatic carbocycles. The molecule has 2 aliphatic rings. The molecule has 0 aliphatic heterocycles. The van der Waals surface area contributed by atoms with E-state index in [0.29, 0.717) is 6.07 Å². The molecular weight excluding hydrogens is 312 g/mol. The zero-order chi connectivity index (χ0) is 16.2. The molecule has 0 aromatic heterocycles. The average Bonchev–Trinajstić information content (AvgIpc) is 2.45. The number of hydrogen-bond acceptors (Lipinski definition) is 6. The minimum Gasteiger partial charge on any atom is -0.289 e. The van der Waals surface area contributed by atoms with Gasteiger partial charge in [0.05, 0.1) is 5.56 Å². The van der Waals surface area contributed by atoms with Crippen LogP contribution < -0.4 is 21.7 Å². The van der Waals surface area contributed by atoms with Gasteiger partial charge in [0, 0.05) is 22.4 Å². The summed E-state index contributed by atoms with van der Waals surface area (Å²) >= 11 is 0. The Morgan fingerprint density at radius 1 is 0.818 bits per heavy atom. The lowest BCUT2D eigenvalue weighted by Gasteiger charge is -2.08. The van der Waals surface area contributed by atoms with Crippen molar-refractivity contribution >= 4 is 20.9 Å². The molecule has 0 bridgehead atoms. The summed E-state index contributed by atoms with van der Waals surface area (Å²) in [5, 5.41) is -0.0951. The molecule has 0 atom stereocenters. The van der Waals surface area contributed by atoms with Crippen molar-refractivity contribution in [3.8, 4) is 11.1 Å². The lowest BCUT2D eigenvalue weighted by molar-refractivity contribution is 0.482. The minimum atomic E-state index is -5.14. The third-order valence-electron chi connectivity index (χ3n) is 3.35. The van der Waals surface area contributed by atoms with E-state index in [1.54, 1.807) is 0 Å². The highest BCUT2D eigenvalue weighted by Crippen LogP contribution is 2.21. The first-order valence-corrected chi connectivity index (χ1v) is 7.38. The smallest absolute Gasteiger partial charge is 0.289 e. The first-order chi connectivity index (χ1) is 10.2. The van der Waals surface area contributed by atoms with Gasteiger partial charge in [0.25, 0.3) is 10.1 Å². The van der Waals surface area contributed by atoms with E-state index in [9.17, 15) is 32.1 Å². The maximum atomic E-state index is 12.4. The maximum absolute atomic E-state index is 12.4. The van der Waals surface area contributed by atoms with Crippen LogP contribution in [0.25, 0.3) is 21.9 Å². The average molecular weight is 318 g/mol. The quantitative estimate of drug-likeness (QED) is 0.365. The fraction of sp³-hybridized carbons (Fsp3) is 0. The van der Waals surface area contributed by atoms with Crippen molar-refractivity contribution in [3.63, 3.8) is 0 Å². The van der Waals surface area contributed by atoms with E-state index in [2.05, 4.69) is 0 Å². The van der Waals surface area contributed by atoms with E-state index in [4.69, 9.17) is 0 Å². The van der Waals surface area contributed by atoms with Crippen LogP contribution in [0, 0.1) is 0 Å². The van der Waals surface area contributed by atoms with Gasteiger partial charge < -0.3 is 0 Å². The van der Waals surface area contributed by atoms with Gasteiger partial charge in [-0.15, -0.1) is 0 Å². The third-order valence-corrected chi connectivity index (χ3v) is 4.25. The molecule has 1 N–H and O–H groups in total. The first kappa shape index (κ1) is 14.2. The van der Waals surface area contributed by atoms with Gasteiger partial charge in [0.1, 0.15) is 0 Å². The monoisotopic (exact) mass is 318 g/mol. The van der Waals surface area contributed by atoms with Gasteiger partial charge in [-0.25, -0.2) is 0 Å². The van der Waals surface area contributed by atoms with Crippen LogP contribution in [0.5, 0.6) is 0 Å². The Balaban J connectivity index is 2.85. The molecule has 22 heavy (non-hydrogen) atoms. The lowest BCUT2D eigenvalue weighted by atomic mass is 9.96. The van der Waals surface area contributed by atoms with E-state index in [0.717, 1.165) is 0 Å². The molecule has 0 saturated carbocycles. The Kier molecular flexibility index (Phi) is 2.84. The highest BCUT2D eigenvalue weighted by atomic mass is 32.2. The number of fused-ring (bicyclic) bond motifs is 2. The molecule has 0 amide bonds. The molecule has 1 aromatic rings. The zero-order valence-electron chi connectivity index (χ0n) is 10.7. The summed E-state index contributed by atoms with van der Waals surface area (Å²) in [6.45, 7) is 0. The van der Waals surface area contributed by atoms with Crippen LogP contribution in [0.4, 0.5) is 0 Å². The Morgan fingerprint density at radius 2 is 1.36 bits per heavy atom. The molecule has 0 spiro atoms. The topological polar surface area (TPSA) is 123 Å². The van der Waals surface area contributed by atoms with Crippen LogP contribution in [0.15, 0.2) is 54.4 Å². The summed E-state index contributed by atoms with van der Waals surface area (Å²) in [5.74, 6) is 0. The van der Waals surface area contributed by atoms with Crippen molar-refractivity contribution in [1.82, 2.24) is 0 Å². The fourth-order valence-electron chi connectivity index (χ4n) is 2.43. The summed E-state index contributed by atoms with van der Waals surface area (Å²) in [6.07, 6.45) is 0. The van der Waals surface area contributed by atoms with Gasteiger partial charge in [-0.2, -0.15) is 8.42 Å². The fourth-order valence-corrected chi connectivity index (χ4v) is 3.22. The van der Waals surface area contributed by atoms with E-state index in [1.807, 2.05) is 0 Å².